The highest BCUT2D eigenvalue weighted by atomic mass is 19.2. The first-order valence-corrected chi connectivity index (χ1v) is 6.29. The van der Waals surface area contributed by atoms with E-state index in [2.05, 4.69) is 4.98 Å². The normalized spacial score (nSPS) is 22.8. The van der Waals surface area contributed by atoms with Crippen LogP contribution in [0.25, 0.3) is 11.0 Å². The van der Waals surface area contributed by atoms with Crippen LogP contribution in [0, 0.1) is 11.6 Å². The van der Waals surface area contributed by atoms with E-state index in [1.807, 2.05) is 0 Å². The molecule has 2 N–H and O–H groups in total. The summed E-state index contributed by atoms with van der Waals surface area (Å²) < 4.78 is 39.7. The fraction of sp³-hybridized carbons (Fsp3) is 0.462. The van der Waals surface area contributed by atoms with Crippen molar-refractivity contribution in [3.05, 3.63) is 23.8 Å². The molecule has 3 rings (SSSR count). The predicted molar refractivity (Wildman–Crippen MR) is 69.2 cm³/mol. The van der Waals surface area contributed by atoms with Gasteiger partial charge in [0.1, 0.15) is 11.1 Å². The summed E-state index contributed by atoms with van der Waals surface area (Å²) >= 11 is 0. The summed E-state index contributed by atoms with van der Waals surface area (Å²) in [5, 5.41) is 0. The van der Waals surface area contributed by atoms with Crippen molar-refractivity contribution in [2.45, 2.75) is 18.6 Å². The van der Waals surface area contributed by atoms with Gasteiger partial charge in [-0.05, 0) is 12.1 Å². The molecule has 0 saturated carbocycles. The molecule has 0 amide bonds. The Hall–Kier alpha value is -1.73. The number of methoxy groups -OCH3 is 1. The van der Waals surface area contributed by atoms with Gasteiger partial charge in [0.15, 0.2) is 11.6 Å². The Labute approximate surface area is 114 Å². The molecule has 1 atom stereocenters. The number of hydrogen-bond donors (Lipinski definition) is 1. The summed E-state index contributed by atoms with van der Waals surface area (Å²) in [6.45, 7) is 1.23. The Morgan fingerprint density at radius 3 is 2.95 bits per heavy atom. The molecule has 1 fully saturated rings. The fourth-order valence-corrected chi connectivity index (χ4v) is 2.56. The standard InChI is InChI=1S/C13H15F2N3O2/c1-19-13(4-5-20-7-13)6-18-11-9(17-12(18)16)3-2-8(14)10(11)15/h2-3H,4-7H2,1H3,(H2,16,17). The van der Waals surface area contributed by atoms with Gasteiger partial charge in [-0.15, -0.1) is 0 Å². The quantitative estimate of drug-likeness (QED) is 0.931. The lowest BCUT2D eigenvalue weighted by Gasteiger charge is -2.26. The third-order valence-corrected chi connectivity index (χ3v) is 3.78. The summed E-state index contributed by atoms with van der Waals surface area (Å²) in [4.78, 5) is 4.06. The molecule has 0 radical (unpaired) electrons. The van der Waals surface area contributed by atoms with Gasteiger partial charge in [-0.25, -0.2) is 13.8 Å². The molecule has 2 heterocycles. The van der Waals surface area contributed by atoms with Crippen LogP contribution >= 0.6 is 0 Å². The Morgan fingerprint density at radius 2 is 2.30 bits per heavy atom. The molecule has 0 aliphatic carbocycles. The van der Waals surface area contributed by atoms with Crippen LogP contribution in [0.4, 0.5) is 14.7 Å². The third kappa shape index (κ3) is 1.94. The lowest BCUT2D eigenvalue weighted by Crippen LogP contribution is -2.37. The number of anilines is 1. The van der Waals surface area contributed by atoms with E-state index in [1.165, 1.54) is 10.6 Å². The number of benzene rings is 1. The molecular formula is C13H15F2N3O2. The molecule has 1 aliphatic heterocycles. The van der Waals surface area contributed by atoms with E-state index in [9.17, 15) is 8.78 Å². The van der Waals surface area contributed by atoms with Crippen molar-refractivity contribution in [1.29, 1.82) is 0 Å². The summed E-state index contributed by atoms with van der Waals surface area (Å²) in [6.07, 6.45) is 0.666. The van der Waals surface area contributed by atoms with Crippen LogP contribution in [-0.4, -0.2) is 35.5 Å². The third-order valence-electron chi connectivity index (χ3n) is 3.78. The van der Waals surface area contributed by atoms with Gasteiger partial charge in [0.25, 0.3) is 0 Å². The van der Waals surface area contributed by atoms with E-state index in [1.54, 1.807) is 7.11 Å². The zero-order chi connectivity index (χ0) is 14.3. The van der Waals surface area contributed by atoms with Crippen LogP contribution in [0.2, 0.25) is 0 Å². The number of halogens is 2. The summed E-state index contributed by atoms with van der Waals surface area (Å²) in [6, 6.07) is 2.45. The van der Waals surface area contributed by atoms with Crippen molar-refractivity contribution in [3.63, 3.8) is 0 Å². The summed E-state index contributed by atoms with van der Waals surface area (Å²) in [7, 11) is 1.57. The molecule has 1 aliphatic rings. The maximum Gasteiger partial charge on any atom is 0.201 e. The maximum absolute atomic E-state index is 14.0. The monoisotopic (exact) mass is 283 g/mol. The topological polar surface area (TPSA) is 62.3 Å². The van der Waals surface area contributed by atoms with Gasteiger partial charge in [-0.1, -0.05) is 0 Å². The highest BCUT2D eigenvalue weighted by Gasteiger charge is 2.36. The number of nitrogens with zero attached hydrogens (tertiary/aromatic N) is 2. The van der Waals surface area contributed by atoms with Crippen molar-refractivity contribution in [2.75, 3.05) is 26.1 Å². The van der Waals surface area contributed by atoms with E-state index >= 15 is 0 Å². The maximum atomic E-state index is 14.0. The highest BCUT2D eigenvalue weighted by molar-refractivity contribution is 5.79. The van der Waals surface area contributed by atoms with Crippen molar-refractivity contribution in [1.82, 2.24) is 9.55 Å². The molecular weight excluding hydrogens is 268 g/mol. The SMILES string of the molecule is COC1(Cn2c(N)nc3ccc(F)c(F)c32)CCOC1. The van der Waals surface area contributed by atoms with E-state index in [4.69, 9.17) is 15.2 Å². The molecule has 1 aromatic carbocycles. The largest absolute Gasteiger partial charge is 0.378 e. The zero-order valence-corrected chi connectivity index (χ0v) is 11.0. The fourth-order valence-electron chi connectivity index (χ4n) is 2.56. The van der Waals surface area contributed by atoms with Crippen molar-refractivity contribution >= 4 is 17.0 Å². The Bertz CT molecular complexity index is 651. The van der Waals surface area contributed by atoms with Gasteiger partial charge >= 0.3 is 0 Å². The average Bonchev–Trinajstić information content (AvgIpc) is 3.02. The molecule has 1 aromatic heterocycles. The number of fused-ring (bicyclic) bond motifs is 1. The van der Waals surface area contributed by atoms with Gasteiger partial charge in [0, 0.05) is 20.1 Å². The summed E-state index contributed by atoms with van der Waals surface area (Å²) in [5.41, 5.74) is 5.63. The molecule has 1 unspecified atom stereocenters. The Kier molecular flexibility index (Phi) is 3.10. The van der Waals surface area contributed by atoms with Gasteiger partial charge in [0.2, 0.25) is 5.95 Å². The second-order valence-electron chi connectivity index (χ2n) is 4.97. The number of imidazole rings is 1. The highest BCUT2D eigenvalue weighted by Crippen LogP contribution is 2.30. The molecule has 1 saturated heterocycles. The first-order valence-electron chi connectivity index (χ1n) is 6.29. The molecule has 5 nitrogen and oxygen atoms in total. The van der Waals surface area contributed by atoms with Crippen LogP contribution in [-0.2, 0) is 16.0 Å². The number of rotatable bonds is 3. The average molecular weight is 283 g/mol. The van der Waals surface area contributed by atoms with Gasteiger partial charge in [-0.3, -0.25) is 0 Å². The summed E-state index contributed by atoms with van der Waals surface area (Å²) in [5.74, 6) is -1.74. The van der Waals surface area contributed by atoms with E-state index in [0.717, 1.165) is 6.07 Å². The first kappa shape index (κ1) is 13.3. The van der Waals surface area contributed by atoms with Crippen LogP contribution in [0.15, 0.2) is 12.1 Å². The van der Waals surface area contributed by atoms with Crippen molar-refractivity contribution in [2.24, 2.45) is 0 Å². The van der Waals surface area contributed by atoms with E-state index < -0.39 is 17.2 Å². The number of nitrogens with two attached hydrogens (primary N) is 1. The number of hydrogen-bond acceptors (Lipinski definition) is 4. The van der Waals surface area contributed by atoms with Crippen LogP contribution in [0.1, 0.15) is 6.42 Å². The zero-order valence-electron chi connectivity index (χ0n) is 11.0. The predicted octanol–water partition coefficient (Wildman–Crippen LogP) is 1.70. The minimum absolute atomic E-state index is 0.0609. The number of nitrogen functional groups attached to an aromatic ring is 1. The molecule has 2 aromatic rings. The van der Waals surface area contributed by atoms with Crippen LogP contribution in [0.5, 0.6) is 0 Å². The smallest absolute Gasteiger partial charge is 0.201 e. The second-order valence-corrected chi connectivity index (χ2v) is 4.97. The van der Waals surface area contributed by atoms with Crippen molar-refractivity contribution in [3.8, 4) is 0 Å². The van der Waals surface area contributed by atoms with Gasteiger partial charge in [-0.2, -0.15) is 0 Å². The van der Waals surface area contributed by atoms with Crippen molar-refractivity contribution < 1.29 is 18.3 Å². The first-order chi connectivity index (χ1) is 9.56. The number of aromatic nitrogens is 2. The second kappa shape index (κ2) is 4.68. The molecule has 20 heavy (non-hydrogen) atoms. The van der Waals surface area contributed by atoms with Crippen LogP contribution < -0.4 is 5.73 Å². The minimum Gasteiger partial charge on any atom is -0.378 e. The Morgan fingerprint density at radius 1 is 1.50 bits per heavy atom. The molecule has 0 spiro atoms. The van der Waals surface area contributed by atoms with Gasteiger partial charge < -0.3 is 19.8 Å². The number of ether oxygens (including phenoxy) is 2. The van der Waals surface area contributed by atoms with Gasteiger partial charge in [0.05, 0.1) is 18.7 Å². The Balaban J connectivity index is 2.11. The molecule has 0 bridgehead atoms. The molecule has 7 heteroatoms. The minimum atomic E-state index is -0.947. The lowest BCUT2D eigenvalue weighted by molar-refractivity contribution is -0.0284. The van der Waals surface area contributed by atoms with E-state index in [0.29, 0.717) is 25.2 Å². The molecule has 108 valence electrons. The van der Waals surface area contributed by atoms with E-state index in [-0.39, 0.29) is 18.0 Å². The lowest BCUT2D eigenvalue weighted by atomic mass is 10.0. The van der Waals surface area contributed by atoms with Crippen LogP contribution in [0.3, 0.4) is 0 Å².